The van der Waals surface area contributed by atoms with Crippen molar-refractivity contribution in [3.05, 3.63) is 95.6 Å². The molecule has 0 heterocycles. The number of ether oxygens (including phenoxy) is 1. The molecule has 1 atom stereocenters. The second-order valence-electron chi connectivity index (χ2n) is 7.76. The lowest BCUT2D eigenvalue weighted by Gasteiger charge is -2.13. The van der Waals surface area contributed by atoms with Crippen LogP contribution in [0.2, 0.25) is 0 Å². The van der Waals surface area contributed by atoms with E-state index in [1.165, 1.54) is 12.1 Å². The van der Waals surface area contributed by atoms with E-state index >= 15 is 0 Å². The van der Waals surface area contributed by atoms with Crippen LogP contribution in [0.1, 0.15) is 29.5 Å². The number of benzene rings is 3. The molecule has 33 heavy (non-hydrogen) atoms. The topological polar surface area (TPSA) is 104 Å². The highest BCUT2D eigenvalue weighted by atomic mass is 32.2. The second-order valence-corrected chi connectivity index (χ2v) is 9.80. The summed E-state index contributed by atoms with van der Waals surface area (Å²) in [6.45, 7) is 0.278. The van der Waals surface area contributed by atoms with Crippen LogP contribution in [0.3, 0.4) is 0 Å². The average Bonchev–Trinajstić information content (AvgIpc) is 2.83. The van der Waals surface area contributed by atoms with E-state index in [0.29, 0.717) is 24.2 Å². The predicted molar refractivity (Wildman–Crippen MR) is 124 cm³/mol. The quantitative estimate of drug-likeness (QED) is 0.444. The summed E-state index contributed by atoms with van der Waals surface area (Å²) >= 11 is 0. The summed E-state index contributed by atoms with van der Waals surface area (Å²) < 4.78 is 31.3. The lowest BCUT2D eigenvalue weighted by molar-refractivity contribution is -0.141. The molecule has 0 aliphatic rings. The first-order chi connectivity index (χ1) is 15.9. The van der Waals surface area contributed by atoms with Gasteiger partial charge in [0.2, 0.25) is 0 Å². The van der Waals surface area contributed by atoms with E-state index < -0.39 is 27.5 Å². The van der Waals surface area contributed by atoms with Crippen LogP contribution in [0.4, 0.5) is 0 Å². The Balaban J connectivity index is 1.57. The highest BCUT2D eigenvalue weighted by Crippen LogP contribution is 2.22. The van der Waals surface area contributed by atoms with Crippen molar-refractivity contribution in [2.24, 2.45) is 5.92 Å². The van der Waals surface area contributed by atoms with E-state index in [2.05, 4.69) is 6.07 Å². The summed E-state index contributed by atoms with van der Waals surface area (Å²) in [5, 5.41) is 18.4. The molecule has 7 heteroatoms. The molecule has 0 spiro atoms. The van der Waals surface area contributed by atoms with Crippen molar-refractivity contribution in [3.63, 3.8) is 0 Å². The molecule has 170 valence electrons. The number of carboxylic acid groups (broad SMARTS) is 1. The number of sulfone groups is 1. The monoisotopic (exact) mass is 463 g/mol. The van der Waals surface area contributed by atoms with E-state index in [9.17, 15) is 18.3 Å². The first-order valence-corrected chi connectivity index (χ1v) is 12.2. The van der Waals surface area contributed by atoms with Gasteiger partial charge in [0.1, 0.15) is 12.4 Å². The number of carbonyl (C=O) groups is 1. The van der Waals surface area contributed by atoms with Crippen LogP contribution < -0.4 is 4.74 Å². The van der Waals surface area contributed by atoms with Crippen molar-refractivity contribution in [3.8, 4) is 11.8 Å². The van der Waals surface area contributed by atoms with Gasteiger partial charge in [0.05, 0.1) is 28.2 Å². The molecule has 3 aromatic carbocycles. The fraction of sp³-hybridized carbons (Fsp3) is 0.231. The smallest absolute Gasteiger partial charge is 0.307 e. The van der Waals surface area contributed by atoms with Crippen molar-refractivity contribution in [1.29, 1.82) is 5.26 Å². The van der Waals surface area contributed by atoms with Gasteiger partial charge >= 0.3 is 5.97 Å². The van der Waals surface area contributed by atoms with E-state index in [0.717, 1.165) is 11.1 Å². The van der Waals surface area contributed by atoms with Crippen molar-refractivity contribution in [1.82, 2.24) is 0 Å². The molecule has 0 saturated heterocycles. The molecule has 6 nitrogen and oxygen atoms in total. The Morgan fingerprint density at radius 2 is 1.61 bits per heavy atom. The summed E-state index contributed by atoms with van der Waals surface area (Å²) in [7, 11) is -3.76. The van der Waals surface area contributed by atoms with Crippen LogP contribution in [-0.2, 0) is 27.7 Å². The lowest BCUT2D eigenvalue weighted by Crippen LogP contribution is -2.24. The maximum absolute atomic E-state index is 12.8. The maximum Gasteiger partial charge on any atom is 0.307 e. The molecule has 0 aromatic heterocycles. The predicted octanol–water partition coefficient (Wildman–Crippen LogP) is 4.63. The molecule has 3 rings (SSSR count). The number of aliphatic carboxylic acids is 1. The zero-order chi connectivity index (χ0) is 23.7. The molecule has 0 saturated carbocycles. The molecule has 0 bridgehead atoms. The Morgan fingerprint density at radius 3 is 2.21 bits per heavy atom. The number of carboxylic acids is 1. The summed E-state index contributed by atoms with van der Waals surface area (Å²) in [5.41, 5.74) is 2.54. The standard InChI is InChI=1S/C26H25NO5S/c27-17-21-9-11-22(12-10-21)18-32-24-13-15-25(16-14-24)33(30,31)19-23(26(28)29)8-4-7-20-5-2-1-3-6-20/h1-3,5-6,9-16,23H,4,7-8,18-19H2,(H,28,29). The molecule has 0 aliphatic carbocycles. The number of nitriles is 1. The van der Waals surface area contributed by atoms with Gasteiger partial charge in [0, 0.05) is 0 Å². The third-order valence-corrected chi connectivity index (χ3v) is 7.13. The number of nitrogens with zero attached hydrogens (tertiary/aromatic N) is 1. The van der Waals surface area contributed by atoms with Crippen LogP contribution >= 0.6 is 0 Å². The molecular formula is C26H25NO5S. The van der Waals surface area contributed by atoms with Gasteiger partial charge in [-0.05, 0) is 66.8 Å². The first-order valence-electron chi connectivity index (χ1n) is 10.6. The average molecular weight is 464 g/mol. The Morgan fingerprint density at radius 1 is 0.939 bits per heavy atom. The summed E-state index contributed by atoms with van der Waals surface area (Å²) in [5.74, 6) is -2.02. The van der Waals surface area contributed by atoms with Gasteiger partial charge in [0.15, 0.2) is 9.84 Å². The van der Waals surface area contributed by atoms with Crippen LogP contribution in [0, 0.1) is 17.2 Å². The minimum absolute atomic E-state index is 0.0718. The molecule has 0 amide bonds. The van der Waals surface area contributed by atoms with Gasteiger partial charge in [-0.1, -0.05) is 42.5 Å². The number of hydrogen-bond acceptors (Lipinski definition) is 5. The number of aryl methyl sites for hydroxylation is 1. The molecule has 3 aromatic rings. The second kappa shape index (κ2) is 11.3. The van der Waals surface area contributed by atoms with Crippen LogP contribution in [-0.4, -0.2) is 25.2 Å². The number of rotatable bonds is 11. The SMILES string of the molecule is N#Cc1ccc(COc2ccc(S(=O)(=O)CC(CCCc3ccccc3)C(=O)O)cc2)cc1. The molecular weight excluding hydrogens is 438 g/mol. The van der Waals surface area contributed by atoms with E-state index in [-0.39, 0.29) is 17.9 Å². The molecule has 1 unspecified atom stereocenters. The van der Waals surface area contributed by atoms with Crippen LogP contribution in [0.15, 0.2) is 83.8 Å². The van der Waals surface area contributed by atoms with Crippen molar-refractivity contribution in [2.45, 2.75) is 30.8 Å². The first kappa shape index (κ1) is 24.0. The van der Waals surface area contributed by atoms with Crippen LogP contribution in [0.5, 0.6) is 5.75 Å². The van der Waals surface area contributed by atoms with Gasteiger partial charge in [-0.2, -0.15) is 5.26 Å². The normalized spacial score (nSPS) is 12.0. The largest absolute Gasteiger partial charge is 0.489 e. The Bertz CT molecular complexity index is 1200. The Labute approximate surface area is 194 Å². The zero-order valence-electron chi connectivity index (χ0n) is 18.1. The molecule has 1 N–H and O–H groups in total. The third-order valence-electron chi connectivity index (χ3n) is 5.30. The van der Waals surface area contributed by atoms with Gasteiger partial charge < -0.3 is 9.84 Å². The Hall–Kier alpha value is -3.63. The fourth-order valence-electron chi connectivity index (χ4n) is 3.42. The van der Waals surface area contributed by atoms with Gasteiger partial charge in [-0.15, -0.1) is 0 Å². The maximum atomic E-state index is 12.8. The summed E-state index contributed by atoms with van der Waals surface area (Å²) in [4.78, 5) is 11.7. The highest BCUT2D eigenvalue weighted by Gasteiger charge is 2.26. The summed E-state index contributed by atoms with van der Waals surface area (Å²) in [6.07, 6.45) is 1.59. The van der Waals surface area contributed by atoms with Gasteiger partial charge in [0.25, 0.3) is 0 Å². The van der Waals surface area contributed by atoms with E-state index in [4.69, 9.17) is 10.00 Å². The van der Waals surface area contributed by atoms with Crippen LogP contribution in [0.25, 0.3) is 0 Å². The molecule has 0 radical (unpaired) electrons. The fourth-order valence-corrected chi connectivity index (χ4v) is 5.00. The molecule has 0 aliphatic heterocycles. The zero-order valence-corrected chi connectivity index (χ0v) is 18.9. The number of hydrogen-bond donors (Lipinski definition) is 1. The highest BCUT2D eigenvalue weighted by molar-refractivity contribution is 7.91. The van der Waals surface area contributed by atoms with Crippen molar-refractivity contribution in [2.75, 3.05) is 5.75 Å². The van der Waals surface area contributed by atoms with Crippen molar-refractivity contribution >= 4 is 15.8 Å². The van der Waals surface area contributed by atoms with Crippen molar-refractivity contribution < 1.29 is 23.1 Å². The summed E-state index contributed by atoms with van der Waals surface area (Å²) in [6, 6.07) is 24.7. The molecule has 0 fully saturated rings. The Kier molecular flexibility index (Phi) is 8.22. The lowest BCUT2D eigenvalue weighted by atomic mass is 10.0. The minimum atomic E-state index is -3.76. The minimum Gasteiger partial charge on any atom is -0.489 e. The van der Waals surface area contributed by atoms with E-state index in [1.807, 2.05) is 30.3 Å². The van der Waals surface area contributed by atoms with E-state index in [1.54, 1.807) is 36.4 Å². The van der Waals surface area contributed by atoms with Gasteiger partial charge in [-0.3, -0.25) is 4.79 Å². The third kappa shape index (κ3) is 7.19. The van der Waals surface area contributed by atoms with Gasteiger partial charge in [-0.25, -0.2) is 8.42 Å².